The minimum Gasteiger partial charge on any atom is -0.331 e. The Balaban J connectivity index is 1.63. The third-order valence-corrected chi connectivity index (χ3v) is 5.28. The molecule has 0 radical (unpaired) electrons. The van der Waals surface area contributed by atoms with Crippen LogP contribution in [0.2, 0.25) is 10.2 Å². The number of carbonyl (C=O) groups excluding carboxylic acids is 1. The van der Waals surface area contributed by atoms with E-state index in [1.165, 1.54) is 6.20 Å². The van der Waals surface area contributed by atoms with Crippen LogP contribution in [0.15, 0.2) is 54.9 Å². The molecule has 0 N–H and O–H groups in total. The van der Waals surface area contributed by atoms with Gasteiger partial charge in [-0.2, -0.15) is 0 Å². The number of amides is 1. The van der Waals surface area contributed by atoms with Crippen molar-refractivity contribution in [2.45, 2.75) is 18.9 Å². The number of hydrogen-bond acceptors (Lipinski definition) is 4. The average Bonchev–Trinajstić information content (AvgIpc) is 3.18. The lowest BCUT2D eigenvalue weighted by atomic mass is 10.0. The maximum absolute atomic E-state index is 13.1. The predicted octanol–water partition coefficient (Wildman–Crippen LogP) is 4.82. The van der Waals surface area contributed by atoms with Crippen molar-refractivity contribution in [3.8, 4) is 11.5 Å². The lowest BCUT2D eigenvalue weighted by Gasteiger charge is -2.26. The Morgan fingerprint density at radius 1 is 1.07 bits per heavy atom. The first-order chi connectivity index (χ1) is 13.1. The molecule has 1 aromatic carbocycles. The van der Waals surface area contributed by atoms with Crippen LogP contribution < -0.4 is 0 Å². The topological polar surface area (TPSA) is 59.0 Å². The van der Waals surface area contributed by atoms with E-state index in [1.807, 2.05) is 36.4 Å². The van der Waals surface area contributed by atoms with E-state index in [-0.39, 0.29) is 22.7 Å². The highest BCUT2D eigenvalue weighted by Gasteiger charge is 2.33. The molecule has 0 spiro atoms. The van der Waals surface area contributed by atoms with Gasteiger partial charge >= 0.3 is 0 Å². The fourth-order valence-corrected chi connectivity index (χ4v) is 3.83. The summed E-state index contributed by atoms with van der Waals surface area (Å²) in [5.41, 5.74) is 1.84. The Morgan fingerprint density at radius 2 is 1.89 bits per heavy atom. The molecular weight excluding hydrogens is 383 g/mol. The quantitative estimate of drug-likeness (QED) is 0.593. The molecule has 1 atom stereocenters. The monoisotopic (exact) mass is 398 g/mol. The first kappa shape index (κ1) is 17.9. The minimum atomic E-state index is -0.185. The third kappa shape index (κ3) is 3.53. The van der Waals surface area contributed by atoms with Crippen LogP contribution >= 0.6 is 23.2 Å². The molecule has 2 aromatic heterocycles. The molecule has 136 valence electrons. The zero-order valence-corrected chi connectivity index (χ0v) is 15.9. The van der Waals surface area contributed by atoms with Crippen molar-refractivity contribution in [3.05, 3.63) is 76.2 Å². The van der Waals surface area contributed by atoms with E-state index in [1.54, 1.807) is 17.2 Å². The Labute approximate surface area is 167 Å². The highest BCUT2D eigenvalue weighted by atomic mass is 35.5. The number of pyridine rings is 1. The molecule has 0 saturated carbocycles. The SMILES string of the molecule is O=C(c1cnc(-c2ccccn2)nc1Cl)N1CCC[C@@H]1c1ccccc1Cl. The van der Waals surface area contributed by atoms with Crippen LogP contribution in [0.5, 0.6) is 0 Å². The second kappa shape index (κ2) is 7.62. The summed E-state index contributed by atoms with van der Waals surface area (Å²) in [6.45, 7) is 0.646. The number of hydrogen-bond donors (Lipinski definition) is 0. The summed E-state index contributed by atoms with van der Waals surface area (Å²) in [6.07, 6.45) is 4.90. The van der Waals surface area contributed by atoms with Gasteiger partial charge < -0.3 is 4.90 Å². The summed E-state index contributed by atoms with van der Waals surface area (Å²) in [7, 11) is 0. The Morgan fingerprint density at radius 3 is 2.63 bits per heavy atom. The van der Waals surface area contributed by atoms with Gasteiger partial charge in [-0.1, -0.05) is 47.5 Å². The van der Waals surface area contributed by atoms with E-state index in [2.05, 4.69) is 15.0 Å². The van der Waals surface area contributed by atoms with Crippen LogP contribution in [0.4, 0.5) is 0 Å². The minimum absolute atomic E-state index is 0.0715. The van der Waals surface area contributed by atoms with Crippen molar-refractivity contribution < 1.29 is 4.79 Å². The van der Waals surface area contributed by atoms with Crippen LogP contribution in [0.1, 0.15) is 34.8 Å². The van der Waals surface area contributed by atoms with Crippen LogP contribution in [0, 0.1) is 0 Å². The zero-order chi connectivity index (χ0) is 18.8. The highest BCUT2D eigenvalue weighted by molar-refractivity contribution is 6.33. The summed E-state index contributed by atoms with van der Waals surface area (Å²) in [5.74, 6) is 0.205. The zero-order valence-electron chi connectivity index (χ0n) is 14.3. The van der Waals surface area contributed by atoms with Crippen molar-refractivity contribution in [3.63, 3.8) is 0 Å². The molecule has 4 rings (SSSR count). The van der Waals surface area contributed by atoms with Gasteiger partial charge in [-0.05, 0) is 36.6 Å². The van der Waals surface area contributed by atoms with E-state index in [4.69, 9.17) is 23.2 Å². The molecule has 1 aliphatic heterocycles. The van der Waals surface area contributed by atoms with E-state index >= 15 is 0 Å². The number of benzene rings is 1. The molecule has 0 bridgehead atoms. The largest absolute Gasteiger partial charge is 0.331 e. The second-order valence-corrected chi connectivity index (χ2v) is 7.06. The fourth-order valence-electron chi connectivity index (χ4n) is 3.36. The Hall–Kier alpha value is -2.50. The van der Waals surface area contributed by atoms with Crippen LogP contribution in [0.3, 0.4) is 0 Å². The van der Waals surface area contributed by atoms with Gasteiger partial charge in [-0.3, -0.25) is 9.78 Å². The number of carbonyl (C=O) groups is 1. The molecule has 1 amide bonds. The molecule has 1 aliphatic rings. The summed E-state index contributed by atoms with van der Waals surface area (Å²) >= 11 is 12.7. The molecule has 0 aliphatic carbocycles. The van der Waals surface area contributed by atoms with Crippen molar-refractivity contribution in [2.75, 3.05) is 6.54 Å². The van der Waals surface area contributed by atoms with E-state index in [0.29, 0.717) is 23.1 Å². The second-order valence-electron chi connectivity index (χ2n) is 6.29. The van der Waals surface area contributed by atoms with E-state index in [9.17, 15) is 4.79 Å². The fraction of sp³-hybridized carbons (Fsp3) is 0.200. The summed E-state index contributed by atoms with van der Waals surface area (Å²) < 4.78 is 0. The van der Waals surface area contributed by atoms with E-state index < -0.39 is 0 Å². The van der Waals surface area contributed by atoms with Crippen molar-refractivity contribution in [2.24, 2.45) is 0 Å². The molecule has 3 aromatic rings. The van der Waals surface area contributed by atoms with Gasteiger partial charge in [-0.25, -0.2) is 9.97 Å². The van der Waals surface area contributed by atoms with Gasteiger partial charge in [0.1, 0.15) is 10.8 Å². The molecular formula is C20H16Cl2N4O. The standard InChI is InChI=1S/C20H16Cl2N4O/c21-15-7-2-1-6-13(15)17-9-5-11-26(17)20(27)14-12-24-19(25-18(14)22)16-8-3-4-10-23-16/h1-4,6-8,10,12,17H,5,9,11H2/t17-/m1/s1. The first-order valence-electron chi connectivity index (χ1n) is 8.64. The van der Waals surface area contributed by atoms with E-state index in [0.717, 1.165) is 18.4 Å². The van der Waals surface area contributed by atoms with Gasteiger partial charge in [0.05, 0.1) is 11.6 Å². The van der Waals surface area contributed by atoms with Gasteiger partial charge in [-0.15, -0.1) is 0 Å². The lowest BCUT2D eigenvalue weighted by molar-refractivity contribution is 0.0735. The third-order valence-electron chi connectivity index (χ3n) is 4.64. The smallest absolute Gasteiger partial charge is 0.259 e. The van der Waals surface area contributed by atoms with Crippen molar-refractivity contribution >= 4 is 29.1 Å². The average molecular weight is 399 g/mol. The number of likely N-dealkylation sites (tertiary alicyclic amines) is 1. The maximum Gasteiger partial charge on any atom is 0.259 e. The first-order valence-corrected chi connectivity index (χ1v) is 9.40. The number of rotatable bonds is 3. The molecule has 27 heavy (non-hydrogen) atoms. The summed E-state index contributed by atoms with van der Waals surface area (Å²) in [4.78, 5) is 27.7. The van der Waals surface area contributed by atoms with Crippen molar-refractivity contribution in [1.29, 1.82) is 0 Å². The Bertz CT molecular complexity index is 981. The van der Waals surface area contributed by atoms with Crippen LogP contribution in [-0.4, -0.2) is 32.3 Å². The predicted molar refractivity (Wildman–Crippen MR) is 105 cm³/mol. The molecule has 0 unspecified atom stereocenters. The van der Waals surface area contributed by atoms with Gasteiger partial charge in [0.2, 0.25) is 0 Å². The normalized spacial score (nSPS) is 16.5. The molecule has 3 heterocycles. The van der Waals surface area contributed by atoms with Gasteiger partial charge in [0.25, 0.3) is 5.91 Å². The molecule has 1 saturated heterocycles. The van der Waals surface area contributed by atoms with Crippen LogP contribution in [-0.2, 0) is 0 Å². The number of halogens is 2. The Kier molecular flexibility index (Phi) is 5.05. The van der Waals surface area contributed by atoms with Gasteiger partial charge in [0, 0.05) is 24.0 Å². The number of nitrogens with zero attached hydrogens (tertiary/aromatic N) is 4. The molecule has 5 nitrogen and oxygen atoms in total. The van der Waals surface area contributed by atoms with Crippen molar-refractivity contribution in [1.82, 2.24) is 19.9 Å². The molecule has 1 fully saturated rings. The summed E-state index contributed by atoms with van der Waals surface area (Å²) in [5, 5.41) is 0.788. The lowest BCUT2D eigenvalue weighted by Crippen LogP contribution is -2.31. The maximum atomic E-state index is 13.1. The van der Waals surface area contributed by atoms with Gasteiger partial charge in [0.15, 0.2) is 5.82 Å². The van der Waals surface area contributed by atoms with Crippen LogP contribution in [0.25, 0.3) is 11.5 Å². The number of aromatic nitrogens is 3. The highest BCUT2D eigenvalue weighted by Crippen LogP contribution is 2.37. The summed E-state index contributed by atoms with van der Waals surface area (Å²) in [6, 6.07) is 13.0. The molecule has 7 heteroatoms.